The molecular weight excluding hydrogens is 454 g/mol. The maximum atomic E-state index is 13.5. The lowest BCUT2D eigenvalue weighted by molar-refractivity contribution is -0.305. The van der Waals surface area contributed by atoms with E-state index in [1.54, 1.807) is 6.07 Å². The van der Waals surface area contributed by atoms with Crippen molar-refractivity contribution in [3.63, 3.8) is 0 Å². The first kappa shape index (κ1) is 25.7. The van der Waals surface area contributed by atoms with Crippen LogP contribution in [0.2, 0.25) is 0 Å². The molecule has 0 fully saturated rings. The monoisotopic (exact) mass is 480 g/mol. The fraction of sp³-hybridized carbons (Fsp3) is 0.333. The highest BCUT2D eigenvalue weighted by Gasteiger charge is 2.59. The Balaban J connectivity index is 1.61. The van der Waals surface area contributed by atoms with E-state index < -0.39 is 24.2 Å². The van der Waals surface area contributed by atoms with Crippen LogP contribution in [-0.4, -0.2) is 18.5 Å². The van der Waals surface area contributed by atoms with Gasteiger partial charge in [0.05, 0.1) is 0 Å². The van der Waals surface area contributed by atoms with E-state index in [2.05, 4.69) is 35.9 Å². The summed E-state index contributed by atoms with van der Waals surface area (Å²) < 4.78 is 81.2. The summed E-state index contributed by atoms with van der Waals surface area (Å²) in [7, 11) is 0. The fourth-order valence-electron chi connectivity index (χ4n) is 3.68. The second kappa shape index (κ2) is 10.5. The van der Waals surface area contributed by atoms with Crippen LogP contribution in [0.1, 0.15) is 35.6 Å². The highest BCUT2D eigenvalue weighted by Crippen LogP contribution is 2.37. The van der Waals surface area contributed by atoms with Gasteiger partial charge in [0.15, 0.2) is 0 Å². The highest BCUT2D eigenvalue weighted by atomic mass is 19.4. The van der Waals surface area contributed by atoms with Crippen molar-refractivity contribution in [2.45, 2.75) is 58.0 Å². The van der Waals surface area contributed by atoms with Crippen LogP contribution < -0.4 is 4.74 Å². The number of rotatable bonds is 9. The standard InChI is InChI=1S/C27H26F6O/c1-3-4-19-7-12-22(13-8-19)23-14-9-20(10-15-23)5-6-21-11-16-24(18(2)17-21)34-27(32,33)25(28)26(29,30)31/h7-17,25H,3-6H2,1-2H3. The maximum Gasteiger partial charge on any atom is 0.439 e. The topological polar surface area (TPSA) is 9.23 Å². The van der Waals surface area contributed by atoms with Gasteiger partial charge in [0.25, 0.3) is 6.17 Å². The Kier molecular flexibility index (Phi) is 7.95. The van der Waals surface area contributed by atoms with Crippen LogP contribution in [0.25, 0.3) is 11.1 Å². The summed E-state index contributed by atoms with van der Waals surface area (Å²) in [5.74, 6) is -0.491. The lowest BCUT2D eigenvalue weighted by Gasteiger charge is -2.24. The van der Waals surface area contributed by atoms with E-state index in [0.29, 0.717) is 12.8 Å². The van der Waals surface area contributed by atoms with Gasteiger partial charge >= 0.3 is 12.3 Å². The van der Waals surface area contributed by atoms with Gasteiger partial charge in [0.2, 0.25) is 0 Å². The molecule has 0 aliphatic carbocycles. The van der Waals surface area contributed by atoms with E-state index in [-0.39, 0.29) is 5.56 Å². The zero-order valence-corrected chi connectivity index (χ0v) is 18.9. The first-order valence-corrected chi connectivity index (χ1v) is 11.0. The Morgan fingerprint density at radius 3 is 1.65 bits per heavy atom. The van der Waals surface area contributed by atoms with Gasteiger partial charge in [-0.25, -0.2) is 4.39 Å². The van der Waals surface area contributed by atoms with Crippen LogP contribution in [0.5, 0.6) is 5.75 Å². The average Bonchev–Trinajstić information content (AvgIpc) is 2.79. The Morgan fingerprint density at radius 2 is 1.18 bits per heavy atom. The van der Waals surface area contributed by atoms with E-state index in [1.807, 2.05) is 24.3 Å². The molecule has 0 aliphatic rings. The number of ether oxygens (including phenoxy) is 1. The van der Waals surface area contributed by atoms with Crippen LogP contribution in [0.3, 0.4) is 0 Å². The predicted octanol–water partition coefficient (Wildman–Crippen LogP) is 8.27. The number of halogens is 6. The van der Waals surface area contributed by atoms with Crippen molar-refractivity contribution in [3.8, 4) is 16.9 Å². The maximum absolute atomic E-state index is 13.5. The smallest absolute Gasteiger partial charge is 0.430 e. The molecule has 3 aromatic rings. The van der Waals surface area contributed by atoms with E-state index in [9.17, 15) is 26.3 Å². The summed E-state index contributed by atoms with van der Waals surface area (Å²) in [5, 5.41) is 0. The molecule has 0 amide bonds. The highest BCUT2D eigenvalue weighted by molar-refractivity contribution is 5.64. The molecule has 0 heterocycles. The number of aryl methyl sites for hydroxylation is 4. The van der Waals surface area contributed by atoms with E-state index in [1.165, 1.54) is 18.6 Å². The molecule has 0 saturated heterocycles. The molecule has 0 saturated carbocycles. The molecule has 182 valence electrons. The van der Waals surface area contributed by atoms with Crippen molar-refractivity contribution in [1.82, 2.24) is 0 Å². The lowest BCUT2D eigenvalue weighted by Crippen LogP contribution is -2.45. The van der Waals surface area contributed by atoms with Crippen molar-refractivity contribution in [2.75, 3.05) is 0 Å². The van der Waals surface area contributed by atoms with Crippen molar-refractivity contribution < 1.29 is 31.1 Å². The molecule has 0 bridgehead atoms. The number of alkyl halides is 6. The minimum atomic E-state index is -5.72. The SMILES string of the molecule is CCCc1ccc(-c2ccc(CCc3ccc(OC(F)(F)C(F)C(F)(F)F)c(C)c3)cc2)cc1. The molecule has 0 radical (unpaired) electrons. The van der Waals surface area contributed by atoms with Gasteiger partial charge in [-0.15, -0.1) is 0 Å². The van der Waals surface area contributed by atoms with Crippen LogP contribution in [0.4, 0.5) is 26.3 Å². The van der Waals surface area contributed by atoms with Gasteiger partial charge in [-0.2, -0.15) is 22.0 Å². The summed E-state index contributed by atoms with van der Waals surface area (Å²) in [6.45, 7) is 3.57. The Labute approximate surface area is 195 Å². The van der Waals surface area contributed by atoms with Gasteiger partial charge in [0.1, 0.15) is 5.75 Å². The van der Waals surface area contributed by atoms with E-state index >= 15 is 0 Å². The third-order valence-corrected chi connectivity index (χ3v) is 5.55. The summed E-state index contributed by atoms with van der Waals surface area (Å²) in [6, 6.07) is 20.8. The molecule has 0 spiro atoms. The zero-order valence-electron chi connectivity index (χ0n) is 18.9. The minimum Gasteiger partial charge on any atom is -0.430 e. The third-order valence-electron chi connectivity index (χ3n) is 5.55. The molecule has 34 heavy (non-hydrogen) atoms. The molecule has 3 aromatic carbocycles. The number of hydrogen-bond donors (Lipinski definition) is 0. The molecular formula is C27H26F6O. The summed E-state index contributed by atoms with van der Waals surface area (Å²) in [6.07, 6.45) is -11.7. The quantitative estimate of drug-likeness (QED) is 0.280. The fourth-order valence-corrected chi connectivity index (χ4v) is 3.68. The van der Waals surface area contributed by atoms with Crippen LogP contribution in [-0.2, 0) is 19.3 Å². The first-order chi connectivity index (χ1) is 16.0. The summed E-state index contributed by atoms with van der Waals surface area (Å²) in [5.41, 5.74) is 5.64. The molecule has 1 atom stereocenters. The van der Waals surface area contributed by atoms with Crippen molar-refractivity contribution in [1.29, 1.82) is 0 Å². The predicted molar refractivity (Wildman–Crippen MR) is 121 cm³/mol. The van der Waals surface area contributed by atoms with Crippen LogP contribution in [0, 0.1) is 6.92 Å². The van der Waals surface area contributed by atoms with Gasteiger partial charge in [-0.3, -0.25) is 0 Å². The summed E-state index contributed by atoms with van der Waals surface area (Å²) in [4.78, 5) is 0. The second-order valence-electron chi connectivity index (χ2n) is 8.31. The molecule has 0 N–H and O–H groups in total. The van der Waals surface area contributed by atoms with Crippen molar-refractivity contribution >= 4 is 0 Å². The van der Waals surface area contributed by atoms with Gasteiger partial charge in [0, 0.05) is 0 Å². The van der Waals surface area contributed by atoms with Crippen molar-refractivity contribution in [2.24, 2.45) is 0 Å². The van der Waals surface area contributed by atoms with Crippen molar-refractivity contribution in [3.05, 3.63) is 89.0 Å². The lowest BCUT2D eigenvalue weighted by atomic mass is 9.98. The first-order valence-electron chi connectivity index (χ1n) is 11.0. The number of benzene rings is 3. The molecule has 0 aliphatic heterocycles. The molecule has 0 aromatic heterocycles. The number of hydrogen-bond acceptors (Lipinski definition) is 1. The normalized spacial score (nSPS) is 13.1. The average molecular weight is 480 g/mol. The van der Waals surface area contributed by atoms with E-state index in [4.69, 9.17) is 0 Å². The Hall–Kier alpha value is -2.96. The minimum absolute atomic E-state index is 0.202. The molecule has 3 rings (SSSR count). The summed E-state index contributed by atoms with van der Waals surface area (Å²) >= 11 is 0. The van der Waals surface area contributed by atoms with E-state index in [0.717, 1.165) is 41.2 Å². The molecule has 7 heteroatoms. The van der Waals surface area contributed by atoms with Gasteiger partial charge < -0.3 is 4.74 Å². The Morgan fingerprint density at radius 1 is 0.706 bits per heavy atom. The van der Waals surface area contributed by atoms with Crippen LogP contribution >= 0.6 is 0 Å². The largest absolute Gasteiger partial charge is 0.439 e. The zero-order chi connectivity index (χ0) is 24.9. The Bertz CT molecular complexity index is 1070. The second-order valence-corrected chi connectivity index (χ2v) is 8.31. The van der Waals surface area contributed by atoms with Gasteiger partial charge in [-0.05, 0) is 65.6 Å². The van der Waals surface area contributed by atoms with Crippen LogP contribution in [0.15, 0.2) is 66.7 Å². The molecule has 1 nitrogen and oxygen atoms in total. The third kappa shape index (κ3) is 6.55. The van der Waals surface area contributed by atoms with Gasteiger partial charge in [-0.1, -0.05) is 74.0 Å². The molecule has 1 unspecified atom stereocenters.